The second-order valence-electron chi connectivity index (χ2n) is 7.17. The van der Waals surface area contributed by atoms with Crippen LogP contribution in [0.5, 0.6) is 11.6 Å². The molecule has 31 heavy (non-hydrogen) atoms. The van der Waals surface area contributed by atoms with Crippen LogP contribution in [0.3, 0.4) is 0 Å². The highest BCUT2D eigenvalue weighted by atomic mass is 19.1. The van der Waals surface area contributed by atoms with Gasteiger partial charge in [-0.1, -0.05) is 42.0 Å². The lowest BCUT2D eigenvalue weighted by Crippen LogP contribution is -2.32. The van der Waals surface area contributed by atoms with Gasteiger partial charge in [0.25, 0.3) is 0 Å². The summed E-state index contributed by atoms with van der Waals surface area (Å²) < 4.78 is 19.1. The summed E-state index contributed by atoms with van der Waals surface area (Å²) in [5.41, 5.74) is 2.59. The van der Waals surface area contributed by atoms with Crippen molar-refractivity contribution in [3.05, 3.63) is 89.4 Å². The fraction of sp³-hybridized carbons (Fsp3) is 0.208. The van der Waals surface area contributed by atoms with Crippen LogP contribution in [0.2, 0.25) is 0 Å². The van der Waals surface area contributed by atoms with E-state index in [0.717, 1.165) is 11.1 Å². The van der Waals surface area contributed by atoms with Gasteiger partial charge in [0.2, 0.25) is 17.7 Å². The van der Waals surface area contributed by atoms with Gasteiger partial charge in [0, 0.05) is 31.3 Å². The zero-order chi connectivity index (χ0) is 22.2. The van der Waals surface area contributed by atoms with Gasteiger partial charge in [-0.3, -0.25) is 9.59 Å². The van der Waals surface area contributed by atoms with E-state index in [1.807, 2.05) is 31.2 Å². The number of pyridine rings is 1. The summed E-state index contributed by atoms with van der Waals surface area (Å²) in [6.45, 7) is 3.57. The van der Waals surface area contributed by atoms with Gasteiger partial charge < -0.3 is 15.4 Å². The van der Waals surface area contributed by atoms with Crippen LogP contribution < -0.4 is 15.4 Å². The highest BCUT2D eigenvalue weighted by Crippen LogP contribution is 2.23. The molecule has 2 aromatic carbocycles. The molecule has 1 atom stereocenters. The third-order valence-corrected chi connectivity index (χ3v) is 4.58. The number of halogens is 1. The molecule has 0 saturated heterocycles. The minimum atomic E-state index is -0.435. The van der Waals surface area contributed by atoms with Gasteiger partial charge in [-0.15, -0.1) is 0 Å². The minimum absolute atomic E-state index is 0.0863. The predicted octanol–water partition coefficient (Wildman–Crippen LogP) is 4.21. The molecule has 7 heteroatoms. The summed E-state index contributed by atoms with van der Waals surface area (Å²) in [7, 11) is 0. The average molecular weight is 421 g/mol. The van der Waals surface area contributed by atoms with E-state index >= 15 is 0 Å². The number of carbonyl (C=O) groups is 2. The Kier molecular flexibility index (Phi) is 7.32. The minimum Gasteiger partial charge on any atom is -0.439 e. The van der Waals surface area contributed by atoms with Crippen LogP contribution in [0.4, 0.5) is 4.39 Å². The Morgan fingerprint density at radius 2 is 1.87 bits per heavy atom. The molecule has 3 aromatic rings. The molecule has 1 heterocycles. The molecule has 0 aliphatic rings. The van der Waals surface area contributed by atoms with Crippen LogP contribution in [-0.4, -0.2) is 16.8 Å². The summed E-state index contributed by atoms with van der Waals surface area (Å²) in [5.74, 6) is -0.263. The van der Waals surface area contributed by atoms with E-state index in [4.69, 9.17) is 4.74 Å². The van der Waals surface area contributed by atoms with E-state index in [1.54, 1.807) is 30.5 Å². The maximum atomic E-state index is 13.4. The van der Waals surface area contributed by atoms with Crippen molar-refractivity contribution >= 4 is 11.8 Å². The lowest BCUT2D eigenvalue weighted by atomic mass is 10.0. The monoisotopic (exact) mass is 421 g/mol. The number of benzene rings is 2. The van der Waals surface area contributed by atoms with E-state index in [1.165, 1.54) is 19.1 Å². The average Bonchev–Trinajstić information content (AvgIpc) is 2.73. The maximum absolute atomic E-state index is 13.4. The van der Waals surface area contributed by atoms with Crippen LogP contribution in [0.25, 0.3) is 0 Å². The first-order valence-corrected chi connectivity index (χ1v) is 9.88. The van der Waals surface area contributed by atoms with Gasteiger partial charge in [-0.05, 0) is 30.7 Å². The maximum Gasteiger partial charge on any atom is 0.224 e. The van der Waals surface area contributed by atoms with Crippen molar-refractivity contribution in [3.63, 3.8) is 0 Å². The van der Waals surface area contributed by atoms with Gasteiger partial charge in [-0.25, -0.2) is 9.37 Å². The van der Waals surface area contributed by atoms with Gasteiger partial charge in [0.15, 0.2) is 0 Å². The topological polar surface area (TPSA) is 80.3 Å². The van der Waals surface area contributed by atoms with Crippen LogP contribution in [0.1, 0.15) is 36.1 Å². The number of aromatic nitrogens is 1. The zero-order valence-electron chi connectivity index (χ0n) is 17.4. The Morgan fingerprint density at radius 1 is 1.10 bits per heavy atom. The molecule has 0 fully saturated rings. The first-order chi connectivity index (χ1) is 14.9. The fourth-order valence-electron chi connectivity index (χ4n) is 3.04. The number of amides is 2. The summed E-state index contributed by atoms with van der Waals surface area (Å²) in [6, 6.07) is 16.5. The Hall–Kier alpha value is -3.74. The molecular weight excluding hydrogens is 397 g/mol. The van der Waals surface area contributed by atoms with Gasteiger partial charge in [0.1, 0.15) is 11.6 Å². The third-order valence-electron chi connectivity index (χ3n) is 4.58. The lowest BCUT2D eigenvalue weighted by Gasteiger charge is -2.18. The number of hydrogen-bond acceptors (Lipinski definition) is 4. The molecule has 160 valence electrons. The van der Waals surface area contributed by atoms with E-state index in [0.29, 0.717) is 11.3 Å². The van der Waals surface area contributed by atoms with Crippen molar-refractivity contribution in [1.29, 1.82) is 0 Å². The number of ether oxygens (including phenoxy) is 1. The quantitative estimate of drug-likeness (QED) is 0.571. The molecule has 0 aliphatic carbocycles. The molecular formula is C24H24FN3O3. The number of rotatable bonds is 8. The summed E-state index contributed by atoms with van der Waals surface area (Å²) >= 11 is 0. The number of hydrogen-bond donors (Lipinski definition) is 2. The zero-order valence-corrected chi connectivity index (χ0v) is 17.4. The first-order valence-electron chi connectivity index (χ1n) is 9.88. The van der Waals surface area contributed by atoms with E-state index in [-0.39, 0.29) is 30.7 Å². The second-order valence-corrected chi connectivity index (χ2v) is 7.17. The molecule has 1 aromatic heterocycles. The molecule has 0 bridgehead atoms. The van der Waals surface area contributed by atoms with Gasteiger partial charge in [0.05, 0.1) is 12.5 Å². The van der Waals surface area contributed by atoms with Crippen molar-refractivity contribution in [1.82, 2.24) is 15.6 Å². The summed E-state index contributed by atoms with van der Waals surface area (Å²) in [4.78, 5) is 28.4. The standard InChI is InChI=1S/C24H24FN3O3/c1-16-8-10-18(11-9-16)22(28-17(2)29)14-23(30)27-15-19-5-4-12-26-24(19)31-21-7-3-6-20(25)13-21/h3-13,22H,14-15H2,1-2H3,(H,27,30)(H,28,29). The normalized spacial score (nSPS) is 11.5. The molecule has 3 rings (SSSR count). The number of nitrogens with zero attached hydrogens (tertiary/aromatic N) is 1. The van der Waals surface area contributed by atoms with Crippen molar-refractivity contribution < 1.29 is 18.7 Å². The number of carbonyl (C=O) groups excluding carboxylic acids is 2. The smallest absolute Gasteiger partial charge is 0.224 e. The number of nitrogens with one attached hydrogen (secondary N) is 2. The van der Waals surface area contributed by atoms with Gasteiger partial charge in [-0.2, -0.15) is 0 Å². The molecule has 1 unspecified atom stereocenters. The molecule has 0 radical (unpaired) electrons. The van der Waals surface area contributed by atoms with E-state index in [2.05, 4.69) is 15.6 Å². The Morgan fingerprint density at radius 3 is 2.58 bits per heavy atom. The van der Waals surface area contributed by atoms with E-state index in [9.17, 15) is 14.0 Å². The van der Waals surface area contributed by atoms with Crippen molar-refractivity contribution in [2.24, 2.45) is 0 Å². The van der Waals surface area contributed by atoms with Crippen molar-refractivity contribution in [2.45, 2.75) is 32.9 Å². The van der Waals surface area contributed by atoms with Crippen LogP contribution in [-0.2, 0) is 16.1 Å². The Bertz CT molecular complexity index is 1050. The van der Waals surface area contributed by atoms with Crippen molar-refractivity contribution in [2.75, 3.05) is 0 Å². The van der Waals surface area contributed by atoms with Crippen LogP contribution in [0, 0.1) is 12.7 Å². The highest BCUT2D eigenvalue weighted by Gasteiger charge is 2.17. The van der Waals surface area contributed by atoms with Gasteiger partial charge >= 0.3 is 0 Å². The lowest BCUT2D eigenvalue weighted by molar-refractivity contribution is -0.122. The molecule has 0 aliphatic heterocycles. The largest absolute Gasteiger partial charge is 0.439 e. The Balaban J connectivity index is 1.65. The predicted molar refractivity (Wildman–Crippen MR) is 115 cm³/mol. The summed E-state index contributed by atoms with van der Waals surface area (Å²) in [5, 5.41) is 5.66. The molecule has 0 saturated carbocycles. The SMILES string of the molecule is CC(=O)NC(CC(=O)NCc1cccnc1Oc1cccc(F)c1)c1ccc(C)cc1. The molecule has 6 nitrogen and oxygen atoms in total. The summed E-state index contributed by atoms with van der Waals surface area (Å²) in [6.07, 6.45) is 1.65. The Labute approximate surface area is 180 Å². The van der Waals surface area contributed by atoms with Crippen LogP contribution >= 0.6 is 0 Å². The van der Waals surface area contributed by atoms with Crippen molar-refractivity contribution in [3.8, 4) is 11.6 Å². The first kappa shape index (κ1) is 22.0. The molecule has 2 N–H and O–H groups in total. The molecule has 0 spiro atoms. The second kappa shape index (κ2) is 10.3. The highest BCUT2D eigenvalue weighted by molar-refractivity contribution is 5.79. The third kappa shape index (κ3) is 6.64. The van der Waals surface area contributed by atoms with Crippen LogP contribution in [0.15, 0.2) is 66.9 Å². The van der Waals surface area contributed by atoms with E-state index < -0.39 is 11.9 Å². The fourth-order valence-corrected chi connectivity index (χ4v) is 3.04. The molecule has 2 amide bonds. The number of aryl methyl sites for hydroxylation is 1.